The van der Waals surface area contributed by atoms with Gasteiger partial charge in [0.15, 0.2) is 5.78 Å². The average Bonchev–Trinajstić information content (AvgIpc) is 3.14. The standard InChI is InChI=1S/C25H38BNO4/c1-17(2)6-5-11-27-16-20-10-9-19(12-20)13-23(29)15-22-14-21-7-4-8-24(18(3)28)25(21)31-26(22)30/h4,7-8,17,19-20,22,27,30H,5-6,9-16H2,1-3H3/t19?,20?,22-/m1/s1. The van der Waals surface area contributed by atoms with Gasteiger partial charge in [-0.1, -0.05) is 26.0 Å². The Morgan fingerprint density at radius 3 is 2.74 bits per heavy atom. The molecule has 5 nitrogen and oxygen atoms in total. The van der Waals surface area contributed by atoms with Crippen LogP contribution in [0.2, 0.25) is 5.82 Å². The number of ketones is 2. The van der Waals surface area contributed by atoms with E-state index in [9.17, 15) is 14.6 Å². The maximum Gasteiger partial charge on any atom is 0.526 e. The molecule has 1 aliphatic heterocycles. The van der Waals surface area contributed by atoms with Crippen LogP contribution >= 0.6 is 0 Å². The van der Waals surface area contributed by atoms with E-state index in [1.165, 1.54) is 26.2 Å². The van der Waals surface area contributed by atoms with E-state index in [-0.39, 0.29) is 17.4 Å². The van der Waals surface area contributed by atoms with Gasteiger partial charge in [-0.2, -0.15) is 0 Å². The molecule has 0 saturated heterocycles. The second-order valence-corrected chi connectivity index (χ2v) is 10.1. The first-order valence-corrected chi connectivity index (χ1v) is 12.0. The molecular weight excluding hydrogens is 389 g/mol. The fourth-order valence-electron chi connectivity index (χ4n) is 5.12. The van der Waals surface area contributed by atoms with E-state index in [4.69, 9.17) is 4.65 Å². The van der Waals surface area contributed by atoms with Crippen molar-refractivity contribution in [2.75, 3.05) is 13.1 Å². The van der Waals surface area contributed by atoms with Gasteiger partial charge in [-0.3, -0.25) is 9.59 Å². The zero-order valence-corrected chi connectivity index (χ0v) is 19.4. The zero-order valence-electron chi connectivity index (χ0n) is 19.4. The third-order valence-corrected chi connectivity index (χ3v) is 6.82. The van der Waals surface area contributed by atoms with Crippen LogP contribution in [0.15, 0.2) is 18.2 Å². The van der Waals surface area contributed by atoms with Crippen molar-refractivity contribution in [1.29, 1.82) is 0 Å². The van der Waals surface area contributed by atoms with Crippen LogP contribution in [0.1, 0.15) is 81.6 Å². The summed E-state index contributed by atoms with van der Waals surface area (Å²) in [5.74, 6) is 2.28. The van der Waals surface area contributed by atoms with E-state index in [1.807, 2.05) is 12.1 Å². The Morgan fingerprint density at radius 1 is 1.23 bits per heavy atom. The molecular formula is C25H38BNO4. The van der Waals surface area contributed by atoms with Crippen molar-refractivity contribution in [3.63, 3.8) is 0 Å². The average molecular weight is 427 g/mol. The number of benzene rings is 1. The predicted molar refractivity (Wildman–Crippen MR) is 125 cm³/mol. The molecule has 6 heteroatoms. The monoisotopic (exact) mass is 427 g/mol. The number of para-hydroxylation sites is 1. The molecule has 2 N–H and O–H groups in total. The Hall–Kier alpha value is -1.66. The topological polar surface area (TPSA) is 75.6 Å². The van der Waals surface area contributed by atoms with E-state index in [0.717, 1.165) is 37.4 Å². The summed E-state index contributed by atoms with van der Waals surface area (Å²) in [7, 11) is -1.04. The van der Waals surface area contributed by atoms with Crippen LogP contribution in [-0.2, 0) is 11.2 Å². The lowest BCUT2D eigenvalue weighted by Crippen LogP contribution is -2.35. The van der Waals surface area contributed by atoms with Crippen LogP contribution in [0, 0.1) is 17.8 Å². The van der Waals surface area contributed by atoms with E-state index in [1.54, 1.807) is 6.07 Å². The van der Waals surface area contributed by atoms with Crippen LogP contribution in [0.4, 0.5) is 0 Å². The Labute approximate surface area is 187 Å². The van der Waals surface area contributed by atoms with Gasteiger partial charge in [0.1, 0.15) is 11.5 Å². The van der Waals surface area contributed by atoms with Crippen LogP contribution < -0.4 is 9.97 Å². The summed E-state index contributed by atoms with van der Waals surface area (Å²) >= 11 is 0. The number of hydrogen-bond donors (Lipinski definition) is 2. The predicted octanol–water partition coefficient (Wildman–Crippen LogP) is 4.47. The lowest BCUT2D eigenvalue weighted by Gasteiger charge is -2.28. The number of Topliss-reactive ketones (excluding diaryl/α,β-unsaturated/α-hetero) is 2. The van der Waals surface area contributed by atoms with E-state index >= 15 is 0 Å². The Balaban J connectivity index is 1.42. The molecule has 1 aliphatic carbocycles. The van der Waals surface area contributed by atoms with Gasteiger partial charge < -0.3 is 15.0 Å². The highest BCUT2D eigenvalue weighted by Gasteiger charge is 2.38. The second kappa shape index (κ2) is 11.3. The lowest BCUT2D eigenvalue weighted by atomic mass is 9.64. The van der Waals surface area contributed by atoms with Crippen LogP contribution in [0.5, 0.6) is 5.75 Å². The van der Waals surface area contributed by atoms with Gasteiger partial charge in [0.2, 0.25) is 0 Å². The van der Waals surface area contributed by atoms with Crippen LogP contribution in [-0.4, -0.2) is 36.8 Å². The molecule has 170 valence electrons. The quantitative estimate of drug-likeness (QED) is 0.310. The number of fused-ring (bicyclic) bond motifs is 1. The fraction of sp³-hybridized carbons (Fsp3) is 0.680. The first-order valence-electron chi connectivity index (χ1n) is 12.0. The Morgan fingerprint density at radius 2 is 2.00 bits per heavy atom. The summed E-state index contributed by atoms with van der Waals surface area (Å²) < 4.78 is 5.68. The fourth-order valence-corrected chi connectivity index (χ4v) is 5.12. The summed E-state index contributed by atoms with van der Waals surface area (Å²) in [5, 5.41) is 14.0. The molecule has 1 aromatic rings. The van der Waals surface area contributed by atoms with Crippen molar-refractivity contribution < 1.29 is 19.3 Å². The van der Waals surface area contributed by atoms with Gasteiger partial charge in [0.25, 0.3) is 0 Å². The molecule has 0 aromatic heterocycles. The third kappa shape index (κ3) is 6.91. The van der Waals surface area contributed by atoms with Crippen LogP contribution in [0.25, 0.3) is 0 Å². The third-order valence-electron chi connectivity index (χ3n) is 6.82. The minimum atomic E-state index is -1.04. The smallest absolute Gasteiger partial charge is 0.526 e. The Kier molecular flexibility index (Phi) is 8.73. The molecule has 2 aliphatic rings. The number of carbonyl (C=O) groups is 2. The maximum atomic E-state index is 12.7. The molecule has 1 fully saturated rings. The minimum Gasteiger partial charge on any atom is -0.535 e. The minimum absolute atomic E-state index is 0.0798. The molecule has 0 bridgehead atoms. The molecule has 0 radical (unpaired) electrons. The van der Waals surface area contributed by atoms with Gasteiger partial charge in [-0.25, -0.2) is 0 Å². The molecule has 3 atom stereocenters. The van der Waals surface area contributed by atoms with E-state index < -0.39 is 7.12 Å². The van der Waals surface area contributed by atoms with Gasteiger partial charge in [-0.05, 0) is 87.9 Å². The van der Waals surface area contributed by atoms with Crippen LogP contribution in [0.3, 0.4) is 0 Å². The summed E-state index contributed by atoms with van der Waals surface area (Å²) in [4.78, 5) is 24.5. The lowest BCUT2D eigenvalue weighted by molar-refractivity contribution is -0.120. The first kappa shape index (κ1) is 24.0. The van der Waals surface area contributed by atoms with Gasteiger partial charge in [0.05, 0.1) is 5.56 Å². The molecule has 0 spiro atoms. The SMILES string of the molecule is CC(=O)c1cccc2c1OB(O)[C@@H](CC(=O)CC1CCC(CNCCCC(C)C)C1)C2. The van der Waals surface area contributed by atoms with Crippen molar-refractivity contribution in [1.82, 2.24) is 5.32 Å². The molecule has 3 rings (SSSR count). The molecule has 1 heterocycles. The Bertz CT molecular complexity index is 766. The second-order valence-electron chi connectivity index (χ2n) is 10.1. The van der Waals surface area contributed by atoms with E-state index in [0.29, 0.717) is 42.4 Å². The summed E-state index contributed by atoms with van der Waals surface area (Å²) in [6, 6.07) is 5.47. The molecule has 1 saturated carbocycles. The molecule has 0 amide bonds. The molecule has 31 heavy (non-hydrogen) atoms. The van der Waals surface area contributed by atoms with Crippen molar-refractivity contribution in [3.05, 3.63) is 29.3 Å². The van der Waals surface area contributed by atoms with Gasteiger partial charge >= 0.3 is 7.12 Å². The zero-order chi connectivity index (χ0) is 22.4. The first-order chi connectivity index (χ1) is 14.8. The summed E-state index contributed by atoms with van der Waals surface area (Å²) in [5.41, 5.74) is 1.40. The largest absolute Gasteiger partial charge is 0.535 e. The van der Waals surface area contributed by atoms with Crippen molar-refractivity contribution in [3.8, 4) is 5.75 Å². The van der Waals surface area contributed by atoms with Crippen molar-refractivity contribution in [2.24, 2.45) is 17.8 Å². The molecule has 1 aromatic carbocycles. The van der Waals surface area contributed by atoms with Gasteiger partial charge in [-0.15, -0.1) is 0 Å². The number of carbonyl (C=O) groups excluding carboxylic acids is 2. The highest BCUT2D eigenvalue weighted by molar-refractivity contribution is 6.47. The highest BCUT2D eigenvalue weighted by atomic mass is 16.5. The van der Waals surface area contributed by atoms with E-state index in [2.05, 4.69) is 19.2 Å². The van der Waals surface area contributed by atoms with Crippen molar-refractivity contribution in [2.45, 2.75) is 78.0 Å². The van der Waals surface area contributed by atoms with Crippen molar-refractivity contribution >= 4 is 18.7 Å². The summed E-state index contributed by atoms with van der Waals surface area (Å²) in [6.45, 7) is 8.17. The van der Waals surface area contributed by atoms with Gasteiger partial charge in [0, 0.05) is 18.7 Å². The maximum absolute atomic E-state index is 12.7. The molecule has 2 unspecified atom stereocenters. The number of hydrogen-bond acceptors (Lipinski definition) is 5. The number of nitrogens with one attached hydrogen (secondary N) is 1. The normalized spacial score (nSPS) is 23.0. The number of rotatable bonds is 11. The highest BCUT2D eigenvalue weighted by Crippen LogP contribution is 2.38. The summed E-state index contributed by atoms with van der Waals surface area (Å²) in [6.07, 6.45) is 7.45.